The van der Waals surface area contributed by atoms with Gasteiger partial charge >= 0.3 is 0 Å². The number of hydrogen-bond donors (Lipinski definition) is 1. The Labute approximate surface area is 108 Å². The van der Waals surface area contributed by atoms with Gasteiger partial charge in [-0.15, -0.1) is 0 Å². The molecule has 0 radical (unpaired) electrons. The number of nitrogens with zero attached hydrogens (tertiary/aromatic N) is 2. The summed E-state index contributed by atoms with van der Waals surface area (Å²) in [6.45, 7) is 1.04. The van der Waals surface area contributed by atoms with Gasteiger partial charge in [-0.3, -0.25) is 14.9 Å². The molecule has 1 aromatic rings. The molecule has 1 saturated heterocycles. The Morgan fingerprint density at radius 2 is 2.22 bits per heavy atom. The maximum atomic E-state index is 12.1. The van der Waals surface area contributed by atoms with Crippen LogP contribution in [0.15, 0.2) is 18.2 Å². The number of carbonyl (C=O) groups excluding carboxylic acids is 1. The zero-order valence-corrected chi connectivity index (χ0v) is 10.3. The summed E-state index contributed by atoms with van der Waals surface area (Å²) in [5, 5.41) is 10.9. The first-order chi connectivity index (χ1) is 8.47. The van der Waals surface area contributed by atoms with Crippen LogP contribution in [0, 0.1) is 10.1 Å². The summed E-state index contributed by atoms with van der Waals surface area (Å²) in [6.07, 6.45) is 0.744. The highest BCUT2D eigenvalue weighted by Crippen LogP contribution is 2.23. The number of benzene rings is 1. The van der Waals surface area contributed by atoms with E-state index in [0.717, 1.165) is 6.42 Å². The van der Waals surface area contributed by atoms with Gasteiger partial charge in [0, 0.05) is 41.9 Å². The van der Waals surface area contributed by atoms with Gasteiger partial charge in [0.25, 0.3) is 11.6 Å². The average Bonchev–Trinajstić information content (AvgIpc) is 2.74. The first kappa shape index (κ1) is 12.8. The summed E-state index contributed by atoms with van der Waals surface area (Å²) in [5.41, 5.74) is 5.76. The Morgan fingerprint density at radius 1 is 1.50 bits per heavy atom. The summed E-state index contributed by atoms with van der Waals surface area (Å²) < 4.78 is 0. The van der Waals surface area contributed by atoms with Gasteiger partial charge in [0.1, 0.15) is 0 Å². The molecule has 1 heterocycles. The second-order valence-electron chi connectivity index (χ2n) is 4.26. The van der Waals surface area contributed by atoms with Crippen LogP contribution in [0.5, 0.6) is 0 Å². The van der Waals surface area contributed by atoms with Crippen LogP contribution < -0.4 is 5.73 Å². The first-order valence-electron chi connectivity index (χ1n) is 5.47. The fourth-order valence-electron chi connectivity index (χ4n) is 1.96. The first-order valence-corrected chi connectivity index (χ1v) is 5.85. The Hall–Kier alpha value is -1.66. The third-order valence-corrected chi connectivity index (χ3v) is 3.07. The minimum atomic E-state index is -0.571. The van der Waals surface area contributed by atoms with Gasteiger partial charge in [0.2, 0.25) is 0 Å². The van der Waals surface area contributed by atoms with E-state index in [2.05, 4.69) is 0 Å². The largest absolute Gasteiger partial charge is 0.337 e. The van der Waals surface area contributed by atoms with Gasteiger partial charge in [-0.1, -0.05) is 11.6 Å². The molecule has 0 saturated carbocycles. The van der Waals surface area contributed by atoms with Gasteiger partial charge in [-0.2, -0.15) is 0 Å². The van der Waals surface area contributed by atoms with Crippen LogP contribution >= 0.6 is 11.6 Å². The van der Waals surface area contributed by atoms with E-state index >= 15 is 0 Å². The molecule has 0 unspecified atom stereocenters. The topological polar surface area (TPSA) is 89.5 Å². The predicted octanol–water partition coefficient (Wildman–Crippen LogP) is 1.42. The number of amides is 1. The zero-order valence-electron chi connectivity index (χ0n) is 9.51. The second-order valence-corrected chi connectivity index (χ2v) is 4.69. The molecule has 1 amide bonds. The van der Waals surface area contributed by atoms with Crippen LogP contribution in [-0.2, 0) is 0 Å². The number of carbonyl (C=O) groups is 1. The van der Waals surface area contributed by atoms with E-state index < -0.39 is 4.92 Å². The molecule has 1 aromatic carbocycles. The molecular formula is C11H12ClN3O3. The normalized spacial score (nSPS) is 19.0. The number of nitro groups is 1. The molecule has 0 aromatic heterocycles. The number of non-ortho nitro benzene ring substituents is 1. The van der Waals surface area contributed by atoms with Crippen molar-refractivity contribution in [3.05, 3.63) is 38.9 Å². The van der Waals surface area contributed by atoms with E-state index in [4.69, 9.17) is 17.3 Å². The van der Waals surface area contributed by atoms with E-state index in [9.17, 15) is 14.9 Å². The number of rotatable bonds is 2. The molecule has 2 N–H and O–H groups in total. The van der Waals surface area contributed by atoms with Crippen LogP contribution in [-0.4, -0.2) is 34.9 Å². The van der Waals surface area contributed by atoms with E-state index in [-0.39, 0.29) is 28.2 Å². The fraction of sp³-hybridized carbons (Fsp3) is 0.364. The van der Waals surface area contributed by atoms with E-state index in [1.165, 1.54) is 18.2 Å². The Bertz CT molecular complexity index is 506. The van der Waals surface area contributed by atoms with Crippen LogP contribution in [0.25, 0.3) is 0 Å². The van der Waals surface area contributed by atoms with Crippen LogP contribution in [0.3, 0.4) is 0 Å². The lowest BCUT2D eigenvalue weighted by molar-refractivity contribution is -0.384. The van der Waals surface area contributed by atoms with Gasteiger partial charge in [0.05, 0.1) is 4.92 Å². The second kappa shape index (κ2) is 4.91. The number of nitrogens with two attached hydrogens (primary N) is 1. The molecule has 1 fully saturated rings. The highest BCUT2D eigenvalue weighted by Gasteiger charge is 2.25. The molecule has 7 heteroatoms. The van der Waals surface area contributed by atoms with Gasteiger partial charge < -0.3 is 10.6 Å². The van der Waals surface area contributed by atoms with Gasteiger partial charge in [0.15, 0.2) is 0 Å². The van der Waals surface area contributed by atoms with E-state index in [1.54, 1.807) is 4.90 Å². The Kier molecular flexibility index (Phi) is 3.49. The van der Waals surface area contributed by atoms with Crippen LogP contribution in [0.2, 0.25) is 5.02 Å². The van der Waals surface area contributed by atoms with E-state index in [0.29, 0.717) is 13.1 Å². The lowest BCUT2D eigenvalue weighted by Crippen LogP contribution is -2.31. The molecule has 0 aliphatic carbocycles. The minimum absolute atomic E-state index is 0.0249. The third-order valence-electron chi connectivity index (χ3n) is 2.85. The zero-order chi connectivity index (χ0) is 13.3. The van der Waals surface area contributed by atoms with Crippen molar-refractivity contribution in [2.75, 3.05) is 13.1 Å². The molecule has 1 aliphatic rings. The lowest BCUT2D eigenvalue weighted by Gasteiger charge is -2.15. The molecule has 1 aliphatic heterocycles. The van der Waals surface area contributed by atoms with Crippen molar-refractivity contribution >= 4 is 23.2 Å². The molecule has 2 rings (SSSR count). The van der Waals surface area contributed by atoms with Crippen molar-refractivity contribution in [2.24, 2.45) is 5.73 Å². The van der Waals surface area contributed by atoms with Crippen molar-refractivity contribution in [3.8, 4) is 0 Å². The summed E-state index contributed by atoms with van der Waals surface area (Å²) in [7, 11) is 0. The smallest absolute Gasteiger partial charge is 0.271 e. The third kappa shape index (κ3) is 2.60. The SMILES string of the molecule is N[C@H]1CCN(C(=O)c2cc(Cl)cc([N+](=O)[O-])c2)C1. The van der Waals surface area contributed by atoms with Gasteiger partial charge in [-0.25, -0.2) is 0 Å². The van der Waals surface area contributed by atoms with Gasteiger partial charge in [-0.05, 0) is 12.5 Å². The molecule has 6 nitrogen and oxygen atoms in total. The number of hydrogen-bond acceptors (Lipinski definition) is 4. The van der Waals surface area contributed by atoms with Crippen molar-refractivity contribution < 1.29 is 9.72 Å². The van der Waals surface area contributed by atoms with Crippen molar-refractivity contribution in [3.63, 3.8) is 0 Å². The van der Waals surface area contributed by atoms with E-state index in [1.807, 2.05) is 0 Å². The predicted molar refractivity (Wildman–Crippen MR) is 66.6 cm³/mol. The van der Waals surface area contributed by atoms with Crippen molar-refractivity contribution in [1.29, 1.82) is 0 Å². The quantitative estimate of drug-likeness (QED) is 0.649. The maximum absolute atomic E-state index is 12.1. The monoisotopic (exact) mass is 269 g/mol. The highest BCUT2D eigenvalue weighted by molar-refractivity contribution is 6.31. The molecular weight excluding hydrogens is 258 g/mol. The molecule has 0 spiro atoms. The summed E-state index contributed by atoms with van der Waals surface area (Å²) in [4.78, 5) is 23.8. The van der Waals surface area contributed by atoms with Crippen LogP contribution in [0.4, 0.5) is 5.69 Å². The Balaban J connectivity index is 2.27. The maximum Gasteiger partial charge on any atom is 0.271 e. The number of nitro benzene ring substituents is 1. The number of likely N-dealkylation sites (tertiary alicyclic amines) is 1. The summed E-state index contributed by atoms with van der Waals surface area (Å²) in [6, 6.07) is 3.86. The molecule has 96 valence electrons. The lowest BCUT2D eigenvalue weighted by atomic mass is 10.2. The number of halogens is 1. The molecule has 1 atom stereocenters. The average molecular weight is 270 g/mol. The fourth-order valence-corrected chi connectivity index (χ4v) is 2.19. The molecule has 18 heavy (non-hydrogen) atoms. The van der Waals surface area contributed by atoms with Crippen molar-refractivity contribution in [1.82, 2.24) is 4.90 Å². The Morgan fingerprint density at radius 3 is 2.78 bits per heavy atom. The van der Waals surface area contributed by atoms with Crippen LogP contribution in [0.1, 0.15) is 16.8 Å². The standard InChI is InChI=1S/C11H12ClN3O3/c12-8-3-7(4-10(5-8)15(17)18)11(16)14-2-1-9(13)6-14/h3-5,9H,1-2,6,13H2/t9-/m0/s1. The van der Waals surface area contributed by atoms with Crippen molar-refractivity contribution in [2.45, 2.75) is 12.5 Å². The summed E-state index contributed by atoms with van der Waals surface area (Å²) >= 11 is 5.77. The summed E-state index contributed by atoms with van der Waals surface area (Å²) in [5.74, 6) is -0.270. The minimum Gasteiger partial charge on any atom is -0.337 e. The molecule has 0 bridgehead atoms. The highest BCUT2D eigenvalue weighted by atomic mass is 35.5.